The van der Waals surface area contributed by atoms with Gasteiger partial charge in [-0.15, -0.1) is 0 Å². The van der Waals surface area contributed by atoms with Gasteiger partial charge >= 0.3 is 5.97 Å². The number of aliphatic carboxylic acids is 1. The summed E-state index contributed by atoms with van der Waals surface area (Å²) in [4.78, 5) is 20.4. The molecule has 0 atom stereocenters. The predicted molar refractivity (Wildman–Crippen MR) is 51.0 cm³/mol. The summed E-state index contributed by atoms with van der Waals surface area (Å²) in [6.45, 7) is 0. The van der Waals surface area contributed by atoms with Crippen LogP contribution in [0.4, 0.5) is 5.69 Å². The number of carboxylic acid groups (broad SMARTS) is 1. The second-order valence-corrected chi connectivity index (χ2v) is 2.82. The summed E-state index contributed by atoms with van der Waals surface area (Å²) in [6, 6.07) is 4.01. The lowest BCUT2D eigenvalue weighted by molar-refractivity contribution is -0.385. The van der Waals surface area contributed by atoms with E-state index in [9.17, 15) is 14.9 Å². The fraction of sp³-hybridized carbons (Fsp3) is 0.222. The van der Waals surface area contributed by atoms with Gasteiger partial charge in [-0.2, -0.15) is 0 Å². The molecule has 6 heteroatoms. The Kier molecular flexibility index (Phi) is 3.22. The lowest BCUT2D eigenvalue weighted by Crippen LogP contribution is -2.04. The molecule has 0 bridgehead atoms. The van der Waals surface area contributed by atoms with Crippen molar-refractivity contribution in [2.24, 2.45) is 0 Å². The Morgan fingerprint density at radius 1 is 1.60 bits per heavy atom. The van der Waals surface area contributed by atoms with E-state index in [0.717, 1.165) is 0 Å². The fourth-order valence-corrected chi connectivity index (χ4v) is 1.17. The van der Waals surface area contributed by atoms with Crippen molar-refractivity contribution in [2.45, 2.75) is 6.42 Å². The smallest absolute Gasteiger partial charge is 0.308 e. The van der Waals surface area contributed by atoms with Gasteiger partial charge in [-0.25, -0.2) is 0 Å². The molecular weight excluding hydrogens is 202 g/mol. The minimum Gasteiger partial charge on any atom is -0.497 e. The van der Waals surface area contributed by atoms with E-state index < -0.39 is 17.3 Å². The first kappa shape index (κ1) is 11.0. The van der Waals surface area contributed by atoms with Crippen LogP contribution in [0.15, 0.2) is 18.2 Å². The molecule has 1 N–H and O–H groups in total. The summed E-state index contributed by atoms with van der Waals surface area (Å²) in [5.41, 5.74) is -0.0787. The first-order valence-electron chi connectivity index (χ1n) is 4.07. The first-order valence-corrected chi connectivity index (χ1v) is 4.07. The highest BCUT2D eigenvalue weighted by molar-refractivity contribution is 5.72. The van der Waals surface area contributed by atoms with Gasteiger partial charge in [-0.05, 0) is 12.1 Å². The first-order chi connectivity index (χ1) is 7.04. The van der Waals surface area contributed by atoms with Crippen LogP contribution in [0.2, 0.25) is 0 Å². The summed E-state index contributed by atoms with van der Waals surface area (Å²) in [5.74, 6) is -0.719. The number of hydrogen-bond donors (Lipinski definition) is 1. The molecule has 0 heterocycles. The zero-order valence-electron chi connectivity index (χ0n) is 7.97. The zero-order valence-corrected chi connectivity index (χ0v) is 7.97. The second kappa shape index (κ2) is 4.41. The molecule has 0 spiro atoms. The topological polar surface area (TPSA) is 89.7 Å². The molecule has 1 aromatic carbocycles. The maximum atomic E-state index is 10.6. The summed E-state index contributed by atoms with van der Waals surface area (Å²) < 4.78 is 4.86. The SMILES string of the molecule is COc1ccc([N+](=O)[O-])c(CC(=O)O)c1. The van der Waals surface area contributed by atoms with Crippen molar-refractivity contribution in [3.05, 3.63) is 33.9 Å². The highest BCUT2D eigenvalue weighted by atomic mass is 16.6. The Morgan fingerprint density at radius 3 is 2.73 bits per heavy atom. The molecule has 0 saturated heterocycles. The number of benzene rings is 1. The van der Waals surface area contributed by atoms with Gasteiger partial charge in [-0.3, -0.25) is 14.9 Å². The average Bonchev–Trinajstić information content (AvgIpc) is 2.16. The van der Waals surface area contributed by atoms with E-state index in [1.54, 1.807) is 0 Å². The van der Waals surface area contributed by atoms with Gasteiger partial charge in [0.15, 0.2) is 0 Å². The number of hydrogen-bond acceptors (Lipinski definition) is 4. The molecule has 0 amide bonds. The van der Waals surface area contributed by atoms with E-state index >= 15 is 0 Å². The maximum absolute atomic E-state index is 10.6. The van der Waals surface area contributed by atoms with Crippen LogP contribution in [0.5, 0.6) is 5.75 Å². The Bertz CT molecular complexity index is 401. The van der Waals surface area contributed by atoms with E-state index in [2.05, 4.69) is 0 Å². The second-order valence-electron chi connectivity index (χ2n) is 2.82. The molecule has 0 aliphatic rings. The standard InChI is InChI=1S/C9H9NO5/c1-15-7-2-3-8(10(13)14)6(4-7)5-9(11)12/h2-4H,5H2,1H3,(H,11,12). The van der Waals surface area contributed by atoms with E-state index in [-0.39, 0.29) is 11.3 Å². The van der Waals surface area contributed by atoms with E-state index in [1.807, 2.05) is 0 Å². The third kappa shape index (κ3) is 2.67. The molecule has 0 unspecified atom stereocenters. The van der Waals surface area contributed by atoms with Crippen molar-refractivity contribution in [1.29, 1.82) is 0 Å². The Balaban J connectivity index is 3.16. The Labute approximate surface area is 85.2 Å². The maximum Gasteiger partial charge on any atom is 0.308 e. The summed E-state index contributed by atoms with van der Waals surface area (Å²) in [6.07, 6.45) is -0.395. The van der Waals surface area contributed by atoms with Crippen LogP contribution in [0.25, 0.3) is 0 Å². The van der Waals surface area contributed by atoms with Crippen molar-refractivity contribution >= 4 is 11.7 Å². The molecule has 1 rings (SSSR count). The van der Waals surface area contributed by atoms with Gasteiger partial charge in [0.2, 0.25) is 0 Å². The number of nitro benzene ring substituents is 1. The number of carbonyl (C=O) groups is 1. The van der Waals surface area contributed by atoms with Crippen LogP contribution >= 0.6 is 0 Å². The Morgan fingerprint density at radius 2 is 2.27 bits per heavy atom. The molecule has 1 aromatic rings. The predicted octanol–water partition coefficient (Wildman–Crippen LogP) is 1.23. The van der Waals surface area contributed by atoms with Crippen LogP contribution in [-0.4, -0.2) is 23.1 Å². The molecule has 0 fully saturated rings. The van der Waals surface area contributed by atoms with Gasteiger partial charge in [0, 0.05) is 11.6 Å². The molecule has 0 aromatic heterocycles. The molecule has 0 radical (unpaired) electrons. The molecule has 0 aliphatic heterocycles. The van der Waals surface area contributed by atoms with Gasteiger partial charge in [0.25, 0.3) is 5.69 Å². The molecular formula is C9H9NO5. The number of ether oxygens (including phenoxy) is 1. The zero-order chi connectivity index (χ0) is 11.4. The number of nitro groups is 1. The van der Waals surface area contributed by atoms with Crippen LogP contribution < -0.4 is 4.74 Å². The van der Waals surface area contributed by atoms with Crippen LogP contribution in [-0.2, 0) is 11.2 Å². The molecule has 0 aliphatic carbocycles. The minimum absolute atomic E-state index is 0.131. The van der Waals surface area contributed by atoms with E-state index in [4.69, 9.17) is 9.84 Å². The lowest BCUT2D eigenvalue weighted by Gasteiger charge is -2.03. The molecule has 15 heavy (non-hydrogen) atoms. The number of nitrogens with zero attached hydrogens (tertiary/aromatic N) is 1. The lowest BCUT2D eigenvalue weighted by atomic mass is 10.1. The van der Waals surface area contributed by atoms with Crippen LogP contribution in [0, 0.1) is 10.1 Å². The summed E-state index contributed by atoms with van der Waals surface area (Å²) in [5, 5.41) is 19.1. The van der Waals surface area contributed by atoms with Crippen molar-refractivity contribution in [2.75, 3.05) is 7.11 Å². The van der Waals surface area contributed by atoms with Crippen LogP contribution in [0.1, 0.15) is 5.56 Å². The van der Waals surface area contributed by atoms with Crippen molar-refractivity contribution in [3.63, 3.8) is 0 Å². The largest absolute Gasteiger partial charge is 0.497 e. The quantitative estimate of drug-likeness (QED) is 0.597. The van der Waals surface area contributed by atoms with E-state index in [0.29, 0.717) is 5.75 Å². The Hall–Kier alpha value is -2.11. The third-order valence-electron chi connectivity index (χ3n) is 1.83. The van der Waals surface area contributed by atoms with Gasteiger partial charge in [-0.1, -0.05) is 0 Å². The third-order valence-corrected chi connectivity index (χ3v) is 1.83. The summed E-state index contributed by atoms with van der Waals surface area (Å²) in [7, 11) is 1.41. The van der Waals surface area contributed by atoms with Crippen molar-refractivity contribution < 1.29 is 19.6 Å². The monoisotopic (exact) mass is 211 g/mol. The molecule has 6 nitrogen and oxygen atoms in total. The van der Waals surface area contributed by atoms with Crippen molar-refractivity contribution in [3.8, 4) is 5.75 Å². The normalized spacial score (nSPS) is 9.67. The van der Waals surface area contributed by atoms with Gasteiger partial charge < -0.3 is 9.84 Å². The van der Waals surface area contributed by atoms with Crippen molar-refractivity contribution in [1.82, 2.24) is 0 Å². The minimum atomic E-state index is -1.12. The molecule has 0 saturated carbocycles. The van der Waals surface area contributed by atoms with Crippen LogP contribution in [0.3, 0.4) is 0 Å². The highest BCUT2D eigenvalue weighted by Gasteiger charge is 2.16. The number of carboxylic acids is 1. The number of methoxy groups -OCH3 is 1. The average molecular weight is 211 g/mol. The van der Waals surface area contributed by atoms with E-state index in [1.165, 1.54) is 25.3 Å². The molecule has 80 valence electrons. The van der Waals surface area contributed by atoms with Gasteiger partial charge in [0.1, 0.15) is 5.75 Å². The number of rotatable bonds is 4. The van der Waals surface area contributed by atoms with Gasteiger partial charge in [0.05, 0.1) is 18.5 Å². The fourth-order valence-electron chi connectivity index (χ4n) is 1.17. The summed E-state index contributed by atoms with van der Waals surface area (Å²) >= 11 is 0. The highest BCUT2D eigenvalue weighted by Crippen LogP contribution is 2.24.